The van der Waals surface area contributed by atoms with Crippen LogP contribution in [0.4, 0.5) is 0 Å². The molecule has 3 rings (SSSR count). The van der Waals surface area contributed by atoms with Crippen molar-refractivity contribution in [3.63, 3.8) is 0 Å². The number of thiol groups is 1. The van der Waals surface area contributed by atoms with Gasteiger partial charge in [-0.3, -0.25) is 4.98 Å². The van der Waals surface area contributed by atoms with Crippen LogP contribution in [0.2, 0.25) is 0 Å². The van der Waals surface area contributed by atoms with Gasteiger partial charge in [0.05, 0.1) is 5.69 Å². The molecule has 0 atom stereocenters. The molecule has 4 heteroatoms. The molecule has 2 nitrogen and oxygen atoms in total. The van der Waals surface area contributed by atoms with Crippen LogP contribution in [-0.2, 0) is 38.1 Å². The SMILES string of the molecule is C.C=CC(C)(C)c1cc(-c2cccc(/C(=C/S)[CH-]CC)c2)ccn1.C=CCNC(=C)c1ccc(C)cc1.CCC.[Y]. The Morgan fingerprint density at radius 1 is 0.976 bits per heavy atom. The summed E-state index contributed by atoms with van der Waals surface area (Å²) in [7, 11) is 0. The summed E-state index contributed by atoms with van der Waals surface area (Å²) in [6, 6.07) is 21.0. The number of allylic oxidation sites excluding steroid dienone is 2. The fraction of sp³-hybridized carbons (Fsp3) is 0.297. The zero-order valence-electron chi connectivity index (χ0n) is 25.4. The van der Waals surface area contributed by atoms with Crippen molar-refractivity contribution in [2.75, 3.05) is 6.54 Å². The molecule has 1 radical (unpaired) electrons. The predicted molar refractivity (Wildman–Crippen MR) is 186 cm³/mol. The first-order valence-corrected chi connectivity index (χ1v) is 14.2. The van der Waals surface area contributed by atoms with E-state index in [0.717, 1.165) is 35.5 Å². The van der Waals surface area contributed by atoms with Crippen LogP contribution in [0.15, 0.2) is 104 Å². The minimum atomic E-state index is -0.139. The summed E-state index contributed by atoms with van der Waals surface area (Å²) in [6.07, 6.45) is 10.1. The summed E-state index contributed by atoms with van der Waals surface area (Å²) in [4.78, 5) is 4.51. The molecule has 0 saturated heterocycles. The van der Waals surface area contributed by atoms with Crippen molar-refractivity contribution in [3.8, 4) is 11.1 Å². The average molecular weight is 645 g/mol. The molecule has 2 aromatic carbocycles. The first-order chi connectivity index (χ1) is 18.7. The third kappa shape index (κ3) is 14.4. The summed E-state index contributed by atoms with van der Waals surface area (Å²) >= 11 is 4.33. The number of nitrogens with one attached hydrogen (secondary N) is 1. The molecule has 41 heavy (non-hydrogen) atoms. The van der Waals surface area contributed by atoms with Crippen LogP contribution in [0.5, 0.6) is 0 Å². The van der Waals surface area contributed by atoms with E-state index in [1.807, 2.05) is 23.8 Å². The number of aromatic nitrogens is 1. The van der Waals surface area contributed by atoms with Crippen molar-refractivity contribution in [3.05, 3.63) is 133 Å². The smallest absolute Gasteiger partial charge is 0.0503 e. The zero-order chi connectivity index (χ0) is 29.3. The molecule has 3 aromatic rings. The summed E-state index contributed by atoms with van der Waals surface area (Å²) in [6.45, 7) is 25.0. The minimum absolute atomic E-state index is 0. The van der Waals surface area contributed by atoms with E-state index >= 15 is 0 Å². The van der Waals surface area contributed by atoms with Gasteiger partial charge < -0.3 is 5.32 Å². The number of nitrogens with zero attached hydrogens (tertiary/aromatic N) is 1. The maximum absolute atomic E-state index is 4.51. The molecular formula is C37H51N2SY-. The van der Waals surface area contributed by atoms with Crippen LogP contribution >= 0.6 is 12.6 Å². The van der Waals surface area contributed by atoms with Gasteiger partial charge in [0.2, 0.25) is 0 Å². The van der Waals surface area contributed by atoms with E-state index in [2.05, 4.69) is 151 Å². The molecule has 0 amide bonds. The second-order valence-corrected chi connectivity index (χ2v) is 10.1. The number of rotatable bonds is 10. The van der Waals surface area contributed by atoms with Gasteiger partial charge in [0.1, 0.15) is 0 Å². The quantitative estimate of drug-likeness (QED) is 0.130. The largest absolute Gasteiger partial charge is 0.382 e. The van der Waals surface area contributed by atoms with Crippen molar-refractivity contribution < 1.29 is 32.7 Å². The molecule has 1 N–H and O–H groups in total. The average Bonchev–Trinajstić information content (AvgIpc) is 2.96. The number of aryl methyl sites for hydroxylation is 1. The Hall–Kier alpha value is -2.33. The third-order valence-electron chi connectivity index (χ3n) is 5.88. The molecule has 0 aliphatic rings. The van der Waals surface area contributed by atoms with Crippen LogP contribution in [0.3, 0.4) is 0 Å². The Balaban J connectivity index is 0. The maximum Gasteiger partial charge on any atom is 0.0503 e. The molecule has 219 valence electrons. The van der Waals surface area contributed by atoms with Crippen LogP contribution in [0.25, 0.3) is 22.4 Å². The number of pyridine rings is 1. The molecular weight excluding hydrogens is 593 g/mol. The standard InChI is InChI=1S/C21H24NS.C12H15N.C3H8.CH4.Y/c1-5-8-19(15-23)17-10-7-9-16(13-17)18-11-12-22-20(14-18)21(3,4)6-2;1-4-9-13-11(3)12-7-5-10(2)6-8-12;1-3-2;;/h6-15,23H,2,5H2,1,3-4H3;4-8,13H,1,3,9H2,2H3;3H2,1-2H3;1H4;/q-1;;;;/b19-15+;;;;. The third-order valence-corrected chi connectivity index (χ3v) is 6.16. The summed E-state index contributed by atoms with van der Waals surface area (Å²) in [5.41, 5.74) is 8.91. The molecule has 0 saturated carbocycles. The molecule has 0 aliphatic heterocycles. The van der Waals surface area contributed by atoms with Gasteiger partial charge in [-0.15, -0.1) is 36.3 Å². The van der Waals surface area contributed by atoms with Crippen molar-refractivity contribution in [1.82, 2.24) is 10.3 Å². The van der Waals surface area contributed by atoms with Gasteiger partial charge in [0, 0.05) is 56.6 Å². The van der Waals surface area contributed by atoms with Crippen LogP contribution in [0, 0.1) is 13.3 Å². The van der Waals surface area contributed by atoms with Crippen molar-refractivity contribution in [2.24, 2.45) is 0 Å². The van der Waals surface area contributed by atoms with E-state index < -0.39 is 0 Å². The first kappa shape index (κ1) is 40.8. The summed E-state index contributed by atoms with van der Waals surface area (Å²) < 4.78 is 0. The number of hydrogen-bond donors (Lipinski definition) is 2. The van der Waals surface area contributed by atoms with Gasteiger partial charge in [-0.2, -0.15) is 12.0 Å². The minimum Gasteiger partial charge on any atom is -0.382 e. The van der Waals surface area contributed by atoms with Gasteiger partial charge in [-0.25, -0.2) is 12.6 Å². The predicted octanol–water partition coefficient (Wildman–Crippen LogP) is 10.9. The van der Waals surface area contributed by atoms with Gasteiger partial charge in [0.15, 0.2) is 0 Å². The van der Waals surface area contributed by atoms with Gasteiger partial charge in [0.25, 0.3) is 0 Å². The Bertz CT molecular complexity index is 1210. The number of hydrogen-bond acceptors (Lipinski definition) is 3. The van der Waals surface area contributed by atoms with Crippen molar-refractivity contribution in [2.45, 2.75) is 67.2 Å². The molecule has 0 bridgehead atoms. The van der Waals surface area contributed by atoms with E-state index in [-0.39, 0.29) is 45.6 Å². The molecule has 0 spiro atoms. The van der Waals surface area contributed by atoms with Crippen LogP contribution in [0.1, 0.15) is 77.3 Å². The van der Waals surface area contributed by atoms with Gasteiger partial charge in [-0.1, -0.05) is 116 Å². The Kier molecular flexibility index (Phi) is 22.2. The molecule has 0 fully saturated rings. The Morgan fingerprint density at radius 2 is 1.59 bits per heavy atom. The Labute approximate surface area is 282 Å². The van der Waals surface area contributed by atoms with Gasteiger partial charge >= 0.3 is 0 Å². The van der Waals surface area contributed by atoms with E-state index in [1.54, 1.807) is 0 Å². The monoisotopic (exact) mass is 644 g/mol. The van der Waals surface area contributed by atoms with Gasteiger partial charge in [-0.05, 0) is 35.7 Å². The molecule has 1 aromatic heterocycles. The molecule has 0 aliphatic carbocycles. The maximum atomic E-state index is 4.51. The van der Waals surface area contributed by atoms with E-state index in [1.165, 1.54) is 28.7 Å². The van der Waals surface area contributed by atoms with Crippen LogP contribution < -0.4 is 5.32 Å². The first-order valence-electron chi connectivity index (χ1n) is 13.7. The van der Waals surface area contributed by atoms with E-state index in [4.69, 9.17) is 0 Å². The second-order valence-electron chi connectivity index (χ2n) is 9.85. The zero-order valence-corrected chi connectivity index (χ0v) is 29.1. The molecule has 1 heterocycles. The normalized spacial score (nSPS) is 10.2. The summed E-state index contributed by atoms with van der Waals surface area (Å²) in [5, 5.41) is 5.02. The fourth-order valence-corrected chi connectivity index (χ4v) is 3.72. The van der Waals surface area contributed by atoms with Crippen molar-refractivity contribution >= 4 is 23.9 Å². The second kappa shape index (κ2) is 22.3. The van der Waals surface area contributed by atoms with Crippen LogP contribution in [-0.4, -0.2) is 11.5 Å². The van der Waals surface area contributed by atoms with E-state index in [9.17, 15) is 0 Å². The summed E-state index contributed by atoms with van der Waals surface area (Å²) in [5.74, 6) is 0. The fourth-order valence-electron chi connectivity index (χ4n) is 3.46. The number of benzene rings is 2. The Morgan fingerprint density at radius 3 is 2.12 bits per heavy atom. The molecule has 0 unspecified atom stereocenters. The topological polar surface area (TPSA) is 24.9 Å². The van der Waals surface area contributed by atoms with E-state index in [0.29, 0.717) is 0 Å². The van der Waals surface area contributed by atoms with Crippen molar-refractivity contribution in [1.29, 1.82) is 0 Å².